The summed E-state index contributed by atoms with van der Waals surface area (Å²) in [5.74, 6) is 2.31. The Morgan fingerprint density at radius 2 is 0.551 bits per heavy atom. The van der Waals surface area contributed by atoms with Gasteiger partial charge in [-0.2, -0.15) is 0 Å². The summed E-state index contributed by atoms with van der Waals surface area (Å²) in [5, 5.41) is 0. The van der Waals surface area contributed by atoms with Gasteiger partial charge in [0.05, 0.1) is 0 Å². The molecule has 0 aromatic rings. The standard InChI is InChI=1S/C38H82O6S3Si2/c1-7-13-19-29-39-48(40-30-20-14-8-2,41-31-21-15-9-3)37-27-25-35-45-47-46-36-26-28-38-49(42-32-22-16-10-4,43-33-23-17-11-5)44-34-24-18-12-6/h7-38H2,1-6H3. The second kappa shape index (κ2) is 39.0. The van der Waals surface area contributed by atoms with Gasteiger partial charge in [-0.25, -0.2) is 0 Å². The van der Waals surface area contributed by atoms with E-state index in [2.05, 4.69) is 41.5 Å². The first-order chi connectivity index (χ1) is 24.1. The molecule has 0 unspecified atom stereocenters. The normalized spacial score (nSPS) is 12.4. The second-order valence-electron chi connectivity index (χ2n) is 13.3. The molecule has 296 valence electrons. The van der Waals surface area contributed by atoms with Gasteiger partial charge < -0.3 is 26.6 Å². The quantitative estimate of drug-likeness (QED) is 0.0342. The van der Waals surface area contributed by atoms with Crippen LogP contribution < -0.4 is 0 Å². The summed E-state index contributed by atoms with van der Waals surface area (Å²) >= 11 is 0. The molecule has 0 saturated heterocycles. The third-order valence-electron chi connectivity index (χ3n) is 8.44. The van der Waals surface area contributed by atoms with E-state index in [0.29, 0.717) is 0 Å². The van der Waals surface area contributed by atoms with Gasteiger partial charge >= 0.3 is 17.6 Å². The van der Waals surface area contributed by atoms with E-state index in [-0.39, 0.29) is 0 Å². The lowest BCUT2D eigenvalue weighted by molar-refractivity contribution is 0.0543. The molecule has 0 bridgehead atoms. The van der Waals surface area contributed by atoms with Crippen molar-refractivity contribution in [3.05, 3.63) is 0 Å². The topological polar surface area (TPSA) is 55.4 Å². The highest BCUT2D eigenvalue weighted by molar-refractivity contribution is 9.09. The highest BCUT2D eigenvalue weighted by atomic mass is 33.5. The van der Waals surface area contributed by atoms with Gasteiger partial charge in [0.2, 0.25) is 0 Å². The molecule has 11 heteroatoms. The van der Waals surface area contributed by atoms with Crippen LogP contribution in [0.3, 0.4) is 0 Å². The SMILES string of the molecule is CCCCCO[Si](CCCCSSSCCCC[Si](OCCCCC)(OCCCCC)OCCCCC)(OCCCCC)OCCCCC. The molecule has 0 radical (unpaired) electrons. The van der Waals surface area contributed by atoms with Crippen molar-refractivity contribution in [1.29, 1.82) is 0 Å². The van der Waals surface area contributed by atoms with Crippen molar-refractivity contribution in [3.8, 4) is 0 Å². The Labute approximate surface area is 320 Å². The van der Waals surface area contributed by atoms with Gasteiger partial charge in [-0.15, -0.1) is 0 Å². The van der Waals surface area contributed by atoms with E-state index in [1.54, 1.807) is 0 Å². The summed E-state index contributed by atoms with van der Waals surface area (Å²) in [6, 6.07) is 1.89. The van der Waals surface area contributed by atoms with Crippen LogP contribution in [0.5, 0.6) is 0 Å². The van der Waals surface area contributed by atoms with Crippen molar-refractivity contribution in [1.82, 2.24) is 0 Å². The minimum Gasteiger partial charge on any atom is -0.373 e. The lowest BCUT2D eigenvalue weighted by Gasteiger charge is -2.30. The van der Waals surface area contributed by atoms with Crippen molar-refractivity contribution in [2.24, 2.45) is 0 Å². The molecular weight excluding hydrogens is 705 g/mol. The van der Waals surface area contributed by atoms with Crippen molar-refractivity contribution < 1.29 is 26.6 Å². The Kier molecular flexibility index (Phi) is 39.9. The molecule has 0 rings (SSSR count). The third-order valence-corrected chi connectivity index (χ3v) is 18.6. The van der Waals surface area contributed by atoms with Crippen LogP contribution in [-0.4, -0.2) is 68.8 Å². The van der Waals surface area contributed by atoms with Crippen molar-refractivity contribution in [2.75, 3.05) is 51.1 Å². The maximum Gasteiger partial charge on any atom is 0.500 e. The van der Waals surface area contributed by atoms with Crippen LogP contribution in [-0.2, 0) is 26.6 Å². The van der Waals surface area contributed by atoms with Gasteiger partial charge in [0.15, 0.2) is 0 Å². The lowest BCUT2D eigenvalue weighted by atomic mass is 10.3. The first kappa shape index (κ1) is 50.2. The highest BCUT2D eigenvalue weighted by Gasteiger charge is 2.41. The zero-order chi connectivity index (χ0) is 36.0. The average Bonchev–Trinajstić information content (AvgIpc) is 3.11. The first-order valence-electron chi connectivity index (χ1n) is 20.8. The van der Waals surface area contributed by atoms with Crippen LogP contribution >= 0.6 is 31.4 Å². The molecule has 0 aromatic heterocycles. The Morgan fingerprint density at radius 3 is 0.776 bits per heavy atom. The summed E-state index contributed by atoms with van der Waals surface area (Å²) in [6.45, 7) is 18.1. The molecule has 0 aliphatic heterocycles. The van der Waals surface area contributed by atoms with Crippen LogP contribution in [0.2, 0.25) is 12.1 Å². The van der Waals surface area contributed by atoms with Crippen molar-refractivity contribution in [2.45, 2.75) is 195 Å². The molecule has 0 aliphatic carbocycles. The third kappa shape index (κ3) is 31.3. The van der Waals surface area contributed by atoms with Crippen LogP contribution in [0.25, 0.3) is 0 Å². The molecule has 0 N–H and O–H groups in total. The molecule has 0 aromatic carbocycles. The maximum absolute atomic E-state index is 6.55. The smallest absolute Gasteiger partial charge is 0.373 e. The van der Waals surface area contributed by atoms with E-state index in [0.717, 1.165) is 115 Å². The zero-order valence-corrected chi connectivity index (χ0v) is 37.8. The summed E-state index contributed by atoms with van der Waals surface area (Å²) in [4.78, 5) is 0. The van der Waals surface area contributed by atoms with Crippen LogP contribution in [0.4, 0.5) is 0 Å². The second-order valence-corrected chi connectivity index (χ2v) is 23.3. The van der Waals surface area contributed by atoms with E-state index < -0.39 is 17.6 Å². The lowest BCUT2D eigenvalue weighted by Crippen LogP contribution is -2.46. The van der Waals surface area contributed by atoms with Gasteiger partial charge in [-0.1, -0.05) is 140 Å². The largest absolute Gasteiger partial charge is 0.500 e. The monoisotopic (exact) mass is 786 g/mol. The van der Waals surface area contributed by atoms with Crippen LogP contribution in [0, 0.1) is 0 Å². The predicted molar refractivity (Wildman–Crippen MR) is 225 cm³/mol. The zero-order valence-electron chi connectivity index (χ0n) is 33.3. The van der Waals surface area contributed by atoms with E-state index >= 15 is 0 Å². The Balaban J connectivity index is 4.71. The maximum atomic E-state index is 6.55. The molecule has 6 nitrogen and oxygen atoms in total. The summed E-state index contributed by atoms with van der Waals surface area (Å²) in [7, 11) is 0.665. The van der Waals surface area contributed by atoms with Gasteiger partial charge in [-0.05, 0) is 74.0 Å². The number of hydrogen-bond acceptors (Lipinski definition) is 9. The first-order valence-corrected chi connectivity index (χ1v) is 28.5. The molecule has 0 fully saturated rings. The fraction of sp³-hybridized carbons (Fsp3) is 1.00. The average molecular weight is 787 g/mol. The number of unbranched alkanes of at least 4 members (excludes halogenated alkanes) is 14. The molecule has 0 aliphatic rings. The summed E-state index contributed by atoms with van der Waals surface area (Å²) < 4.78 is 39.3. The fourth-order valence-corrected chi connectivity index (χ4v) is 14.7. The van der Waals surface area contributed by atoms with E-state index in [1.807, 2.05) is 31.4 Å². The van der Waals surface area contributed by atoms with Gasteiger partial charge in [0.25, 0.3) is 0 Å². The molecule has 0 heterocycles. The minimum atomic E-state index is -2.64. The highest BCUT2D eigenvalue weighted by Crippen LogP contribution is 2.36. The minimum absolute atomic E-state index is 0.771. The van der Waals surface area contributed by atoms with Crippen molar-refractivity contribution >= 4 is 49.0 Å². The van der Waals surface area contributed by atoms with Gasteiger partial charge in [-0.3, -0.25) is 0 Å². The van der Waals surface area contributed by atoms with E-state index in [1.165, 1.54) is 89.9 Å². The molecule has 0 spiro atoms. The van der Waals surface area contributed by atoms with E-state index in [4.69, 9.17) is 26.6 Å². The van der Waals surface area contributed by atoms with Crippen molar-refractivity contribution in [3.63, 3.8) is 0 Å². The Bertz CT molecular complexity index is 542. The predicted octanol–water partition coefficient (Wildman–Crippen LogP) is 13.7. The van der Waals surface area contributed by atoms with Crippen LogP contribution in [0.1, 0.15) is 183 Å². The van der Waals surface area contributed by atoms with E-state index in [9.17, 15) is 0 Å². The molecule has 49 heavy (non-hydrogen) atoms. The number of hydrogen-bond donors (Lipinski definition) is 0. The molecule has 0 amide bonds. The Hall–Kier alpha value is 1.24. The number of rotatable bonds is 42. The molecule has 0 atom stereocenters. The molecular formula is C38H82O6S3Si2. The van der Waals surface area contributed by atoms with Crippen LogP contribution in [0.15, 0.2) is 0 Å². The Morgan fingerprint density at radius 1 is 0.306 bits per heavy atom. The van der Waals surface area contributed by atoms with Gasteiger partial charge in [0, 0.05) is 63.2 Å². The summed E-state index contributed by atoms with van der Waals surface area (Å²) in [5.41, 5.74) is 0. The fourth-order valence-electron chi connectivity index (χ4n) is 5.27. The summed E-state index contributed by atoms with van der Waals surface area (Å²) in [6.07, 6.45) is 25.6. The molecule has 0 saturated carbocycles. The van der Waals surface area contributed by atoms with Gasteiger partial charge in [0.1, 0.15) is 0 Å².